The van der Waals surface area contributed by atoms with Crippen molar-refractivity contribution < 1.29 is 18.3 Å². The van der Waals surface area contributed by atoms with E-state index in [1.807, 2.05) is 23.9 Å². The average Bonchev–Trinajstić information content (AvgIpc) is 3.51. The number of fused-ring (bicyclic) bond motifs is 2. The van der Waals surface area contributed by atoms with Gasteiger partial charge >= 0.3 is 0 Å². The second-order valence-corrected chi connectivity index (χ2v) is 11.5. The lowest BCUT2D eigenvalue weighted by Crippen LogP contribution is -2.41. The first-order chi connectivity index (χ1) is 17.6. The molecular weight excluding hydrogens is 476 g/mol. The number of halogens is 2. The van der Waals surface area contributed by atoms with Gasteiger partial charge in [0.25, 0.3) is 0 Å². The van der Waals surface area contributed by atoms with Crippen LogP contribution < -0.4 is 0 Å². The minimum Gasteiger partial charge on any atom is -0.343 e. The zero-order valence-corrected chi connectivity index (χ0v) is 21.1. The van der Waals surface area contributed by atoms with Crippen molar-refractivity contribution in [2.24, 2.45) is 0 Å². The summed E-state index contributed by atoms with van der Waals surface area (Å²) in [4.78, 5) is 2.53. The lowest BCUT2D eigenvalue weighted by Gasteiger charge is -2.40. The number of benzene rings is 3. The van der Waals surface area contributed by atoms with Crippen LogP contribution in [-0.2, 0) is 20.0 Å². The van der Waals surface area contributed by atoms with Gasteiger partial charge in [-0.05, 0) is 68.2 Å². The maximum atomic E-state index is 14.7. The van der Waals surface area contributed by atoms with Crippen LogP contribution in [0.2, 0.25) is 0 Å². The molecule has 1 atom stereocenters. The van der Waals surface area contributed by atoms with Crippen molar-refractivity contribution in [2.75, 3.05) is 32.8 Å². The van der Waals surface area contributed by atoms with Gasteiger partial charge in [0, 0.05) is 22.3 Å². The third-order valence-electron chi connectivity index (χ3n) is 7.95. The summed E-state index contributed by atoms with van der Waals surface area (Å²) in [7, 11) is 0. The fourth-order valence-electron chi connectivity index (χ4n) is 6.09. The molecule has 1 unspecified atom stereocenters. The highest BCUT2D eigenvalue weighted by molar-refractivity contribution is 8.01. The van der Waals surface area contributed by atoms with Gasteiger partial charge in [-0.2, -0.15) is 0 Å². The minimum absolute atomic E-state index is 0.0348. The van der Waals surface area contributed by atoms with Crippen LogP contribution in [0.25, 0.3) is 0 Å². The first kappa shape index (κ1) is 24.1. The van der Waals surface area contributed by atoms with Crippen molar-refractivity contribution in [3.05, 3.63) is 107 Å². The molecule has 0 amide bonds. The van der Waals surface area contributed by atoms with Gasteiger partial charge < -0.3 is 14.4 Å². The Hall–Kier alpha value is -2.25. The van der Waals surface area contributed by atoms with E-state index in [-0.39, 0.29) is 21.6 Å². The van der Waals surface area contributed by atoms with Gasteiger partial charge in [0.05, 0.1) is 18.5 Å². The number of likely N-dealkylation sites (tertiary alicyclic amines) is 1. The molecule has 0 saturated carbocycles. The quantitative estimate of drug-likeness (QED) is 0.367. The summed E-state index contributed by atoms with van der Waals surface area (Å²) in [6, 6.07) is 22.3. The lowest BCUT2D eigenvalue weighted by molar-refractivity contribution is -0.172. The van der Waals surface area contributed by atoms with E-state index in [9.17, 15) is 8.78 Å². The molecule has 6 rings (SSSR count). The average molecular weight is 508 g/mol. The van der Waals surface area contributed by atoms with Crippen molar-refractivity contribution in [1.82, 2.24) is 4.90 Å². The predicted molar refractivity (Wildman–Crippen MR) is 139 cm³/mol. The van der Waals surface area contributed by atoms with E-state index in [0.717, 1.165) is 56.4 Å². The fraction of sp³-hybridized carbons (Fsp3) is 0.400. The SMILES string of the molecule is Fc1ccc(C2(CCCN3CCC4(CC3)SC(c3ccccc3F)c3ccccc34)OCCO2)cc1. The molecule has 0 aliphatic carbocycles. The van der Waals surface area contributed by atoms with E-state index >= 15 is 0 Å². The lowest BCUT2D eigenvalue weighted by atomic mass is 9.84. The monoisotopic (exact) mass is 507 g/mol. The van der Waals surface area contributed by atoms with Gasteiger partial charge in [-0.1, -0.05) is 54.6 Å². The fourth-order valence-corrected chi connectivity index (χ4v) is 7.92. The topological polar surface area (TPSA) is 21.7 Å². The summed E-state index contributed by atoms with van der Waals surface area (Å²) in [6.07, 6.45) is 3.78. The molecule has 2 fully saturated rings. The summed E-state index contributed by atoms with van der Waals surface area (Å²) in [5.41, 5.74) is 4.32. The number of nitrogens with zero attached hydrogens (tertiary/aromatic N) is 1. The van der Waals surface area contributed by atoms with E-state index in [2.05, 4.69) is 29.2 Å². The van der Waals surface area contributed by atoms with Crippen molar-refractivity contribution in [3.8, 4) is 0 Å². The smallest absolute Gasteiger partial charge is 0.195 e. The summed E-state index contributed by atoms with van der Waals surface area (Å²) in [6.45, 7) is 4.11. The number of hydrogen-bond acceptors (Lipinski definition) is 4. The highest BCUT2D eigenvalue weighted by Gasteiger charge is 2.47. The van der Waals surface area contributed by atoms with E-state index in [1.165, 1.54) is 23.3 Å². The summed E-state index contributed by atoms with van der Waals surface area (Å²) in [5, 5.41) is 0.0428. The van der Waals surface area contributed by atoms with Crippen LogP contribution >= 0.6 is 11.8 Å². The first-order valence-corrected chi connectivity index (χ1v) is 13.7. The Morgan fingerprint density at radius 2 is 1.50 bits per heavy atom. The third-order valence-corrected chi connectivity index (χ3v) is 9.77. The van der Waals surface area contributed by atoms with Gasteiger partial charge in [0.1, 0.15) is 11.6 Å². The maximum absolute atomic E-state index is 14.7. The molecule has 3 aliphatic heterocycles. The largest absolute Gasteiger partial charge is 0.343 e. The Morgan fingerprint density at radius 3 is 2.22 bits per heavy atom. The number of thioether (sulfide) groups is 1. The van der Waals surface area contributed by atoms with Crippen LogP contribution in [0.15, 0.2) is 72.8 Å². The van der Waals surface area contributed by atoms with Gasteiger partial charge in [0.15, 0.2) is 5.79 Å². The Bertz CT molecular complexity index is 1200. The molecule has 188 valence electrons. The molecule has 3 aliphatic rings. The van der Waals surface area contributed by atoms with Crippen LogP contribution in [0.4, 0.5) is 8.78 Å². The van der Waals surface area contributed by atoms with Gasteiger partial charge in [-0.25, -0.2) is 8.78 Å². The van der Waals surface area contributed by atoms with E-state index in [1.54, 1.807) is 24.3 Å². The van der Waals surface area contributed by atoms with E-state index in [0.29, 0.717) is 13.2 Å². The van der Waals surface area contributed by atoms with E-state index in [4.69, 9.17) is 9.47 Å². The van der Waals surface area contributed by atoms with Gasteiger partial charge in [-0.15, -0.1) is 11.8 Å². The van der Waals surface area contributed by atoms with Crippen LogP contribution in [0.5, 0.6) is 0 Å². The highest BCUT2D eigenvalue weighted by Crippen LogP contribution is 2.61. The third kappa shape index (κ3) is 4.38. The molecule has 1 spiro atoms. The zero-order valence-electron chi connectivity index (χ0n) is 20.3. The van der Waals surface area contributed by atoms with Crippen LogP contribution in [0.1, 0.15) is 53.2 Å². The Balaban J connectivity index is 1.11. The maximum Gasteiger partial charge on any atom is 0.195 e. The molecule has 0 radical (unpaired) electrons. The number of ether oxygens (including phenoxy) is 2. The molecule has 0 N–H and O–H groups in total. The summed E-state index contributed by atoms with van der Waals surface area (Å²) < 4.78 is 40.3. The van der Waals surface area contributed by atoms with Crippen molar-refractivity contribution in [1.29, 1.82) is 0 Å². The van der Waals surface area contributed by atoms with Crippen LogP contribution in [0, 0.1) is 11.6 Å². The Kier molecular flexibility index (Phi) is 6.63. The first-order valence-electron chi connectivity index (χ1n) is 12.9. The number of piperidine rings is 1. The second-order valence-electron chi connectivity index (χ2n) is 10.0. The van der Waals surface area contributed by atoms with Gasteiger partial charge in [-0.3, -0.25) is 0 Å². The molecule has 3 aromatic rings. The molecule has 0 aromatic heterocycles. The minimum atomic E-state index is -0.766. The highest BCUT2D eigenvalue weighted by atomic mass is 32.2. The van der Waals surface area contributed by atoms with E-state index < -0.39 is 5.79 Å². The normalized spacial score (nSPS) is 22.7. The zero-order chi connectivity index (χ0) is 24.6. The molecule has 36 heavy (non-hydrogen) atoms. The van der Waals surface area contributed by atoms with Crippen LogP contribution in [-0.4, -0.2) is 37.7 Å². The Labute approximate surface area is 215 Å². The van der Waals surface area contributed by atoms with Crippen molar-refractivity contribution >= 4 is 11.8 Å². The summed E-state index contributed by atoms with van der Waals surface area (Å²) in [5.74, 6) is -1.14. The molecular formula is C30H31F2NO2S. The van der Waals surface area contributed by atoms with Crippen LogP contribution in [0.3, 0.4) is 0 Å². The van der Waals surface area contributed by atoms with Gasteiger partial charge in [0.2, 0.25) is 0 Å². The summed E-state index contributed by atoms with van der Waals surface area (Å²) >= 11 is 1.94. The number of rotatable bonds is 6. The molecule has 0 bridgehead atoms. The Morgan fingerprint density at radius 1 is 0.833 bits per heavy atom. The van der Waals surface area contributed by atoms with Crippen molar-refractivity contribution in [3.63, 3.8) is 0 Å². The second kappa shape index (κ2) is 9.90. The predicted octanol–water partition coefficient (Wildman–Crippen LogP) is 6.77. The molecule has 3 heterocycles. The molecule has 6 heteroatoms. The number of hydrogen-bond donors (Lipinski definition) is 0. The molecule has 3 aromatic carbocycles. The standard InChI is InChI=1S/C30H31F2NO2S/c31-23-12-10-22(11-13-23)30(34-20-21-35-30)14-5-17-33-18-15-29(16-19-33)26-8-3-1-6-24(26)28(36-29)25-7-2-4-9-27(25)32/h1-4,6-13,28H,5,14-21H2. The van der Waals surface area contributed by atoms with Crippen molar-refractivity contribution in [2.45, 2.75) is 41.5 Å². The molecule has 3 nitrogen and oxygen atoms in total. The molecule has 2 saturated heterocycles.